The van der Waals surface area contributed by atoms with Gasteiger partial charge in [0.15, 0.2) is 11.5 Å². The Hall–Kier alpha value is -3.46. The molecule has 12 heteroatoms. The van der Waals surface area contributed by atoms with E-state index in [0.717, 1.165) is 23.0 Å². The molecule has 0 amide bonds. The molecular formula is C25H29F3N7OP. The fourth-order valence-electron chi connectivity index (χ4n) is 3.96. The zero-order valence-electron chi connectivity index (χ0n) is 21.5. The molecule has 0 saturated carbocycles. The van der Waals surface area contributed by atoms with Crippen molar-refractivity contribution in [3.8, 4) is 22.9 Å². The summed E-state index contributed by atoms with van der Waals surface area (Å²) in [4.78, 5) is 13.0. The molecule has 0 unspecified atom stereocenters. The predicted octanol–water partition coefficient (Wildman–Crippen LogP) is 5.51. The topological polar surface area (TPSA) is 90.5 Å². The van der Waals surface area contributed by atoms with Crippen LogP contribution < -0.4 is 10.6 Å². The largest absolute Gasteiger partial charge is 0.434 e. The molecule has 0 saturated heterocycles. The first-order valence-electron chi connectivity index (χ1n) is 11.7. The van der Waals surface area contributed by atoms with Gasteiger partial charge in [-0.3, -0.25) is 4.68 Å². The molecule has 1 N–H and O–H groups in total. The second-order valence-electron chi connectivity index (χ2n) is 9.60. The minimum Gasteiger partial charge on any atom is -0.365 e. The van der Waals surface area contributed by atoms with Gasteiger partial charge in [-0.25, -0.2) is 15.0 Å². The Morgan fingerprint density at radius 3 is 2.32 bits per heavy atom. The SMILES string of the molecule is Cc1cnn(C(C)C)c1-c1ncc(P(C)(C)=O)c(NCc2ccc(-c3nc(C(F)(F)F)cn3C)cc2)n1. The highest BCUT2D eigenvalue weighted by Gasteiger charge is 2.34. The fraction of sp³-hybridized carbons (Fsp3) is 0.360. The molecule has 3 heterocycles. The molecule has 0 aliphatic rings. The number of imidazole rings is 1. The Morgan fingerprint density at radius 2 is 1.76 bits per heavy atom. The van der Waals surface area contributed by atoms with Gasteiger partial charge >= 0.3 is 6.18 Å². The number of hydrogen-bond donors (Lipinski definition) is 1. The smallest absolute Gasteiger partial charge is 0.365 e. The van der Waals surface area contributed by atoms with E-state index in [-0.39, 0.29) is 11.9 Å². The highest BCUT2D eigenvalue weighted by Crippen LogP contribution is 2.38. The maximum atomic E-state index is 13.0. The number of halogens is 3. The van der Waals surface area contributed by atoms with E-state index in [0.29, 0.717) is 29.1 Å². The molecule has 4 aromatic rings. The van der Waals surface area contributed by atoms with Gasteiger partial charge in [-0.15, -0.1) is 0 Å². The van der Waals surface area contributed by atoms with E-state index in [4.69, 9.17) is 4.98 Å². The van der Waals surface area contributed by atoms with Crippen LogP contribution in [0.5, 0.6) is 0 Å². The summed E-state index contributed by atoms with van der Waals surface area (Å²) in [6, 6.07) is 7.17. The first kappa shape index (κ1) is 26.6. The van der Waals surface area contributed by atoms with E-state index in [1.165, 1.54) is 11.6 Å². The summed E-state index contributed by atoms with van der Waals surface area (Å²) < 4.78 is 55.2. The van der Waals surface area contributed by atoms with Crippen molar-refractivity contribution in [3.05, 3.63) is 59.7 Å². The molecule has 0 bridgehead atoms. The maximum Gasteiger partial charge on any atom is 0.434 e. The van der Waals surface area contributed by atoms with Gasteiger partial charge < -0.3 is 14.4 Å². The van der Waals surface area contributed by atoms with Crippen LogP contribution in [0.25, 0.3) is 22.9 Å². The van der Waals surface area contributed by atoms with E-state index < -0.39 is 19.0 Å². The van der Waals surface area contributed by atoms with Gasteiger partial charge in [-0.2, -0.15) is 18.3 Å². The monoisotopic (exact) mass is 531 g/mol. The molecule has 0 spiro atoms. The highest BCUT2D eigenvalue weighted by atomic mass is 31.2. The summed E-state index contributed by atoms with van der Waals surface area (Å²) >= 11 is 0. The number of anilines is 1. The highest BCUT2D eigenvalue weighted by molar-refractivity contribution is 7.70. The van der Waals surface area contributed by atoms with Crippen molar-refractivity contribution in [3.63, 3.8) is 0 Å². The van der Waals surface area contributed by atoms with E-state index in [1.807, 2.05) is 37.6 Å². The van der Waals surface area contributed by atoms with Crippen molar-refractivity contribution >= 4 is 18.3 Å². The van der Waals surface area contributed by atoms with Crippen LogP contribution in [0, 0.1) is 6.92 Å². The average molecular weight is 532 g/mol. The summed E-state index contributed by atoms with van der Waals surface area (Å²) in [6.07, 6.45) is -0.160. The van der Waals surface area contributed by atoms with Crippen molar-refractivity contribution in [1.29, 1.82) is 0 Å². The minimum atomic E-state index is -4.50. The van der Waals surface area contributed by atoms with Gasteiger partial charge in [-0.1, -0.05) is 24.3 Å². The molecule has 3 aromatic heterocycles. The van der Waals surface area contributed by atoms with Gasteiger partial charge in [0.2, 0.25) is 0 Å². The molecule has 0 atom stereocenters. The third-order valence-corrected chi connectivity index (χ3v) is 7.36. The van der Waals surface area contributed by atoms with Crippen LogP contribution >= 0.6 is 7.14 Å². The molecular weight excluding hydrogens is 502 g/mol. The Kier molecular flexibility index (Phi) is 7.03. The van der Waals surface area contributed by atoms with E-state index in [2.05, 4.69) is 20.4 Å². The lowest BCUT2D eigenvalue weighted by molar-refractivity contribution is -0.140. The summed E-state index contributed by atoms with van der Waals surface area (Å²) in [5.41, 5.74) is 2.23. The third-order valence-electron chi connectivity index (χ3n) is 5.87. The standard InChI is InChI=1S/C25H29F3N7OP/c1-15(2)35-21(16(3)11-31-35)23-30-13-19(37(5,6)36)22(33-23)29-12-17-7-9-18(10-8-17)24-32-20(14-34(24)4)25(26,27)28/h7-11,13-15H,12H2,1-6H3,(H,29,30,33). The zero-order valence-corrected chi connectivity index (χ0v) is 22.4. The lowest BCUT2D eigenvalue weighted by atomic mass is 10.1. The second kappa shape index (κ2) is 9.78. The number of aromatic nitrogens is 6. The summed E-state index contributed by atoms with van der Waals surface area (Å²) in [7, 11) is -1.16. The Balaban J connectivity index is 1.61. The quantitative estimate of drug-likeness (QED) is 0.317. The Labute approximate surface area is 213 Å². The lowest BCUT2D eigenvalue weighted by Gasteiger charge is -2.17. The number of hydrogen-bond acceptors (Lipinski definition) is 6. The molecule has 0 aliphatic heterocycles. The van der Waals surface area contributed by atoms with E-state index >= 15 is 0 Å². The van der Waals surface area contributed by atoms with Crippen LogP contribution in [0.4, 0.5) is 19.0 Å². The molecule has 0 radical (unpaired) electrons. The van der Waals surface area contributed by atoms with Crippen molar-refractivity contribution < 1.29 is 17.7 Å². The third kappa shape index (κ3) is 5.61. The number of benzene rings is 1. The zero-order chi connectivity index (χ0) is 27.1. The van der Waals surface area contributed by atoms with Gasteiger partial charge in [0.05, 0.1) is 11.5 Å². The van der Waals surface area contributed by atoms with Gasteiger partial charge in [0.1, 0.15) is 24.5 Å². The summed E-state index contributed by atoms with van der Waals surface area (Å²) in [5, 5.41) is 8.25. The normalized spacial score (nSPS) is 12.4. The molecule has 196 valence electrons. The van der Waals surface area contributed by atoms with Crippen molar-refractivity contribution in [1.82, 2.24) is 29.3 Å². The first-order chi connectivity index (χ1) is 17.3. The van der Waals surface area contributed by atoms with Gasteiger partial charge in [-0.05, 0) is 45.2 Å². The van der Waals surface area contributed by atoms with Crippen molar-refractivity contribution in [2.24, 2.45) is 7.05 Å². The predicted molar refractivity (Wildman–Crippen MR) is 138 cm³/mol. The van der Waals surface area contributed by atoms with Crippen molar-refractivity contribution in [2.75, 3.05) is 18.6 Å². The average Bonchev–Trinajstić information content (AvgIpc) is 3.40. The maximum absolute atomic E-state index is 13.0. The Bertz CT molecular complexity index is 1470. The van der Waals surface area contributed by atoms with E-state index in [1.54, 1.807) is 37.9 Å². The van der Waals surface area contributed by atoms with Gasteiger partial charge in [0, 0.05) is 37.6 Å². The Morgan fingerprint density at radius 1 is 1.08 bits per heavy atom. The lowest BCUT2D eigenvalue weighted by Crippen LogP contribution is -2.17. The summed E-state index contributed by atoms with van der Waals surface area (Å²) in [6.45, 7) is 9.67. The van der Waals surface area contributed by atoms with Crippen molar-refractivity contribution in [2.45, 2.75) is 39.5 Å². The van der Waals surface area contributed by atoms with Crippen LogP contribution in [0.15, 0.2) is 42.9 Å². The number of aryl methyl sites for hydroxylation is 2. The fourth-order valence-corrected chi connectivity index (χ4v) is 4.94. The molecule has 0 fully saturated rings. The summed E-state index contributed by atoms with van der Waals surface area (Å²) in [5.74, 6) is 1.18. The van der Waals surface area contributed by atoms with E-state index in [9.17, 15) is 17.7 Å². The molecule has 4 rings (SSSR count). The van der Waals surface area contributed by atoms with Crippen LogP contribution in [0.2, 0.25) is 0 Å². The second-order valence-corrected chi connectivity index (χ2v) is 12.8. The molecule has 8 nitrogen and oxygen atoms in total. The number of alkyl halides is 3. The van der Waals surface area contributed by atoms with Crippen LogP contribution in [-0.2, 0) is 24.3 Å². The number of rotatable bonds is 7. The first-order valence-corrected chi connectivity index (χ1v) is 14.3. The minimum absolute atomic E-state index is 0.108. The molecule has 0 aliphatic carbocycles. The van der Waals surface area contributed by atoms with Gasteiger partial charge in [0.25, 0.3) is 0 Å². The molecule has 1 aromatic carbocycles. The van der Waals surface area contributed by atoms with Crippen LogP contribution in [0.1, 0.15) is 36.7 Å². The number of nitrogens with zero attached hydrogens (tertiary/aromatic N) is 6. The van der Waals surface area contributed by atoms with Crippen LogP contribution in [0.3, 0.4) is 0 Å². The van der Waals surface area contributed by atoms with Crippen LogP contribution in [-0.4, -0.2) is 42.6 Å². The number of nitrogens with one attached hydrogen (secondary N) is 1. The molecule has 37 heavy (non-hydrogen) atoms.